The molecule has 0 fully saturated rings. The lowest BCUT2D eigenvalue weighted by molar-refractivity contribution is -0.0429. The second-order valence-corrected chi connectivity index (χ2v) is 6.94. The molecule has 9 heteroatoms. The Balaban J connectivity index is 3.13. The Bertz CT molecular complexity index is 726. The highest BCUT2D eigenvalue weighted by molar-refractivity contribution is 7.93. The molecule has 0 saturated carbocycles. The number of nitrogens with one attached hydrogen (secondary N) is 1. The van der Waals surface area contributed by atoms with E-state index in [2.05, 4.69) is 4.99 Å². The molecular formula is C14H16ClF3N2O2S. The number of rotatable bonds is 5. The van der Waals surface area contributed by atoms with Crippen LogP contribution in [0, 0.1) is 0 Å². The zero-order chi connectivity index (χ0) is 17.8. The molecule has 0 heterocycles. The summed E-state index contributed by atoms with van der Waals surface area (Å²) in [6.07, 6.45) is 3.35. The van der Waals surface area contributed by atoms with Gasteiger partial charge in [-0.25, -0.2) is 0 Å². The minimum Gasteiger partial charge on any atom is -0.290 e. The molecule has 0 aromatic heterocycles. The zero-order valence-electron chi connectivity index (χ0n) is 12.6. The van der Waals surface area contributed by atoms with Crippen LogP contribution >= 0.6 is 11.6 Å². The number of alkyl halides is 3. The van der Waals surface area contributed by atoms with E-state index < -0.39 is 15.5 Å². The molecule has 4 nitrogen and oxygen atoms in total. The van der Waals surface area contributed by atoms with E-state index in [9.17, 15) is 21.6 Å². The second kappa shape index (κ2) is 7.35. The zero-order valence-corrected chi connectivity index (χ0v) is 14.2. The number of hydrogen-bond donors (Lipinski definition) is 1. The normalized spacial score (nSPS) is 13.8. The Hall–Kier alpha value is -1.54. The SMILES string of the molecule is C/C=C(\C=N/C(C)C)c1ccc(NS(=O)(=O)C(F)(F)F)cc1Cl. The summed E-state index contributed by atoms with van der Waals surface area (Å²) in [6.45, 7) is 5.54. The molecule has 0 aliphatic rings. The first-order chi connectivity index (χ1) is 10.5. The summed E-state index contributed by atoms with van der Waals surface area (Å²) in [7, 11) is -5.48. The van der Waals surface area contributed by atoms with Gasteiger partial charge in [-0.05, 0) is 38.5 Å². The van der Waals surface area contributed by atoms with Crippen molar-refractivity contribution in [1.82, 2.24) is 0 Å². The summed E-state index contributed by atoms with van der Waals surface area (Å²) in [5.74, 6) is 0. The monoisotopic (exact) mass is 368 g/mol. The molecule has 1 aromatic carbocycles. The van der Waals surface area contributed by atoms with Gasteiger partial charge in [-0.1, -0.05) is 23.7 Å². The van der Waals surface area contributed by atoms with Crippen molar-refractivity contribution in [2.45, 2.75) is 32.3 Å². The molecule has 0 amide bonds. The van der Waals surface area contributed by atoms with Crippen molar-refractivity contribution in [3.8, 4) is 0 Å². The van der Waals surface area contributed by atoms with Gasteiger partial charge in [0.25, 0.3) is 0 Å². The summed E-state index contributed by atoms with van der Waals surface area (Å²) in [5, 5.41) is 0.107. The number of benzene rings is 1. The van der Waals surface area contributed by atoms with Crippen LogP contribution in [0.25, 0.3) is 5.57 Å². The molecule has 1 rings (SSSR count). The Kier molecular flexibility index (Phi) is 6.24. The van der Waals surface area contributed by atoms with Gasteiger partial charge in [-0.2, -0.15) is 21.6 Å². The fourth-order valence-corrected chi connectivity index (χ4v) is 2.40. The average molecular weight is 369 g/mol. The summed E-state index contributed by atoms with van der Waals surface area (Å²) in [5.41, 5.74) is -4.45. The van der Waals surface area contributed by atoms with Crippen molar-refractivity contribution >= 4 is 39.1 Å². The largest absolute Gasteiger partial charge is 0.516 e. The van der Waals surface area contributed by atoms with Crippen LogP contribution in [0.15, 0.2) is 29.3 Å². The van der Waals surface area contributed by atoms with Crippen molar-refractivity contribution in [3.63, 3.8) is 0 Å². The Morgan fingerprint density at radius 2 is 1.96 bits per heavy atom. The highest BCUT2D eigenvalue weighted by Crippen LogP contribution is 2.30. The van der Waals surface area contributed by atoms with Gasteiger partial charge in [0.15, 0.2) is 0 Å². The van der Waals surface area contributed by atoms with Crippen molar-refractivity contribution < 1.29 is 21.6 Å². The molecule has 0 atom stereocenters. The maximum atomic E-state index is 12.3. The predicted octanol–water partition coefficient (Wildman–Crippen LogP) is 4.48. The van der Waals surface area contributed by atoms with E-state index in [1.54, 1.807) is 19.2 Å². The van der Waals surface area contributed by atoms with Crippen LogP contribution in [0.3, 0.4) is 0 Å². The standard InChI is InChI=1S/C14H16ClF3N2O2S/c1-4-10(8-19-9(2)3)12-6-5-11(7-13(12)15)20-23(21,22)14(16,17)18/h4-9,20H,1-3H3/b10-4+,19-8-. The maximum absolute atomic E-state index is 12.3. The Morgan fingerprint density at radius 1 is 1.35 bits per heavy atom. The first-order valence-electron chi connectivity index (χ1n) is 6.56. The lowest BCUT2D eigenvalue weighted by Crippen LogP contribution is -2.29. The molecule has 0 aliphatic carbocycles. The summed E-state index contributed by atoms with van der Waals surface area (Å²) < 4.78 is 60.6. The molecule has 128 valence electrons. The highest BCUT2D eigenvalue weighted by Gasteiger charge is 2.46. The van der Waals surface area contributed by atoms with Gasteiger partial charge in [0.1, 0.15) is 0 Å². The third kappa shape index (κ3) is 5.24. The lowest BCUT2D eigenvalue weighted by Gasteiger charge is -2.12. The van der Waals surface area contributed by atoms with Gasteiger partial charge in [-0.15, -0.1) is 0 Å². The highest BCUT2D eigenvalue weighted by atomic mass is 35.5. The topological polar surface area (TPSA) is 58.5 Å². The number of hydrogen-bond acceptors (Lipinski definition) is 3. The van der Waals surface area contributed by atoms with Crippen LogP contribution in [-0.2, 0) is 10.0 Å². The smallest absolute Gasteiger partial charge is 0.290 e. The molecule has 0 saturated heterocycles. The minimum atomic E-state index is -5.48. The van der Waals surface area contributed by atoms with Crippen LogP contribution in [0.2, 0.25) is 5.02 Å². The van der Waals surface area contributed by atoms with Crippen LogP contribution in [0.4, 0.5) is 18.9 Å². The van der Waals surface area contributed by atoms with E-state index in [0.29, 0.717) is 11.1 Å². The van der Waals surface area contributed by atoms with E-state index in [-0.39, 0.29) is 16.8 Å². The molecule has 0 bridgehead atoms. The molecule has 1 aromatic rings. The van der Waals surface area contributed by atoms with Gasteiger partial charge in [0, 0.05) is 17.8 Å². The third-order valence-corrected chi connectivity index (χ3v) is 4.09. The van der Waals surface area contributed by atoms with Crippen molar-refractivity contribution in [2.75, 3.05) is 4.72 Å². The average Bonchev–Trinajstić information content (AvgIpc) is 2.39. The van der Waals surface area contributed by atoms with Gasteiger partial charge in [-0.3, -0.25) is 9.71 Å². The third-order valence-electron chi connectivity index (χ3n) is 2.66. The van der Waals surface area contributed by atoms with Crippen LogP contribution in [-0.4, -0.2) is 26.2 Å². The number of aliphatic imine (C=N–C) groups is 1. The molecular weight excluding hydrogens is 353 g/mol. The molecule has 0 unspecified atom stereocenters. The second-order valence-electron chi connectivity index (χ2n) is 4.86. The fourth-order valence-electron chi connectivity index (χ4n) is 1.55. The first kappa shape index (κ1) is 19.5. The van der Waals surface area contributed by atoms with Crippen molar-refractivity contribution in [1.29, 1.82) is 0 Å². The van der Waals surface area contributed by atoms with E-state index in [0.717, 1.165) is 6.07 Å². The number of allylic oxidation sites excluding steroid dienone is 2. The predicted molar refractivity (Wildman–Crippen MR) is 87.3 cm³/mol. The van der Waals surface area contributed by atoms with Gasteiger partial charge >= 0.3 is 15.5 Å². The molecule has 23 heavy (non-hydrogen) atoms. The number of anilines is 1. The van der Waals surface area contributed by atoms with E-state index >= 15 is 0 Å². The van der Waals surface area contributed by atoms with Crippen LogP contribution < -0.4 is 4.72 Å². The molecule has 1 N–H and O–H groups in total. The van der Waals surface area contributed by atoms with Crippen LogP contribution in [0.5, 0.6) is 0 Å². The number of sulfonamides is 1. The molecule has 0 spiro atoms. The first-order valence-corrected chi connectivity index (χ1v) is 8.42. The number of halogens is 4. The molecule has 0 aliphatic heterocycles. The van der Waals surface area contributed by atoms with Gasteiger partial charge in [0.2, 0.25) is 0 Å². The van der Waals surface area contributed by atoms with Crippen LogP contribution in [0.1, 0.15) is 26.3 Å². The summed E-state index contributed by atoms with van der Waals surface area (Å²) >= 11 is 6.04. The van der Waals surface area contributed by atoms with Gasteiger partial charge < -0.3 is 0 Å². The van der Waals surface area contributed by atoms with E-state index in [1.807, 2.05) is 13.8 Å². The quantitative estimate of drug-likeness (QED) is 0.779. The summed E-state index contributed by atoms with van der Waals surface area (Å²) in [4.78, 5) is 4.22. The number of nitrogens with zero attached hydrogens (tertiary/aromatic N) is 1. The summed E-state index contributed by atoms with van der Waals surface area (Å²) in [6, 6.07) is 3.82. The maximum Gasteiger partial charge on any atom is 0.516 e. The Labute approximate surface area is 138 Å². The van der Waals surface area contributed by atoms with Crippen molar-refractivity contribution in [3.05, 3.63) is 34.9 Å². The lowest BCUT2D eigenvalue weighted by atomic mass is 10.1. The Morgan fingerprint density at radius 3 is 2.39 bits per heavy atom. The molecule has 0 radical (unpaired) electrons. The van der Waals surface area contributed by atoms with E-state index in [1.165, 1.54) is 16.9 Å². The van der Waals surface area contributed by atoms with Gasteiger partial charge in [0.05, 0.1) is 10.7 Å². The van der Waals surface area contributed by atoms with E-state index in [4.69, 9.17) is 11.6 Å². The fraction of sp³-hybridized carbons (Fsp3) is 0.357. The minimum absolute atomic E-state index is 0.0709. The van der Waals surface area contributed by atoms with Crippen molar-refractivity contribution in [2.24, 2.45) is 4.99 Å².